The molecule has 3 N–H and O–H groups in total. The van der Waals surface area contributed by atoms with E-state index in [0.29, 0.717) is 11.3 Å². The molecule has 1 aliphatic heterocycles. The molecule has 0 saturated heterocycles. The highest BCUT2D eigenvalue weighted by Crippen LogP contribution is 2.28. The first-order chi connectivity index (χ1) is 19.3. The second-order valence-electron chi connectivity index (χ2n) is 9.12. The van der Waals surface area contributed by atoms with E-state index in [4.69, 9.17) is 4.74 Å². The summed E-state index contributed by atoms with van der Waals surface area (Å²) in [5.41, 5.74) is 6.68. The average molecular weight is 539 g/mol. The van der Waals surface area contributed by atoms with Crippen LogP contribution in [0.5, 0.6) is 0 Å². The van der Waals surface area contributed by atoms with E-state index in [1.54, 1.807) is 26.3 Å². The van der Waals surface area contributed by atoms with Gasteiger partial charge in [0.05, 0.1) is 17.4 Å². The molecule has 8 heteroatoms. The number of nitrogens with one attached hydrogen (secondary N) is 3. The normalized spacial score (nSPS) is 16.4. The van der Waals surface area contributed by atoms with Gasteiger partial charge in [0, 0.05) is 60.5 Å². The number of anilines is 2. The second kappa shape index (κ2) is 14.5. The maximum absolute atomic E-state index is 12.0. The van der Waals surface area contributed by atoms with E-state index >= 15 is 0 Å². The van der Waals surface area contributed by atoms with Gasteiger partial charge in [-0.3, -0.25) is 14.8 Å². The summed E-state index contributed by atoms with van der Waals surface area (Å²) >= 11 is 0. The zero-order valence-corrected chi connectivity index (χ0v) is 23.8. The molecule has 0 fully saturated rings. The molecule has 0 bridgehead atoms. The molecule has 0 aliphatic carbocycles. The Balaban J connectivity index is 1.69. The number of likely N-dealkylation sites (N-methyl/N-ethyl adjacent to an activating group) is 1. The third-order valence-electron chi connectivity index (χ3n) is 6.43. The smallest absolute Gasteiger partial charge is 0.159 e. The molecule has 0 aromatic heterocycles. The molecule has 2 aromatic rings. The van der Waals surface area contributed by atoms with E-state index in [2.05, 4.69) is 50.3 Å². The second-order valence-corrected chi connectivity index (χ2v) is 9.12. The van der Waals surface area contributed by atoms with Crippen LogP contribution in [0.25, 0.3) is 5.70 Å². The van der Waals surface area contributed by atoms with Crippen molar-refractivity contribution in [1.29, 1.82) is 0 Å². The summed E-state index contributed by atoms with van der Waals surface area (Å²) in [5, 5.41) is 10.3. The number of hydrogen-bond donors (Lipinski definition) is 3. The largest absolute Gasteiger partial charge is 0.368 e. The molecule has 208 valence electrons. The number of ketones is 1. The Kier molecular flexibility index (Phi) is 10.8. The van der Waals surface area contributed by atoms with Gasteiger partial charge in [-0.1, -0.05) is 18.2 Å². The van der Waals surface area contributed by atoms with Crippen LogP contribution in [0.1, 0.15) is 36.7 Å². The number of methoxy groups -OCH3 is 1. The van der Waals surface area contributed by atoms with Crippen LogP contribution in [0, 0.1) is 0 Å². The third kappa shape index (κ3) is 7.68. The van der Waals surface area contributed by atoms with Crippen molar-refractivity contribution in [2.24, 2.45) is 9.98 Å². The van der Waals surface area contributed by atoms with Crippen molar-refractivity contribution in [3.63, 3.8) is 0 Å². The van der Waals surface area contributed by atoms with Gasteiger partial charge in [-0.25, -0.2) is 0 Å². The van der Waals surface area contributed by atoms with Crippen molar-refractivity contribution < 1.29 is 9.53 Å². The SMILES string of the molecule is C=N/C=C\C(=C/C)Nc1ccc(NC(OC)C2C=CC(N/C(=C/C)c3cc(C(C)=O)ccc3N=C)=CN2C)cc1. The zero-order valence-electron chi connectivity index (χ0n) is 23.8. The standard InChI is InChI=1S/C32H38N6O2/c1-8-24(18-19-33-4)35-25-11-13-26(14-12-25)37-32(40-7)31-17-15-27(21-38(31)6)36-29(9-2)28-20-23(22(3)39)10-16-30(28)34-5/h8-21,31-32,35-37H,4-5H2,1-3,6-7H3/b19-18-,24-8+,29-9+. The van der Waals surface area contributed by atoms with Gasteiger partial charge in [0.1, 0.15) is 0 Å². The lowest BCUT2D eigenvalue weighted by atomic mass is 10.0. The summed E-state index contributed by atoms with van der Waals surface area (Å²) in [6, 6.07) is 13.4. The molecule has 1 heterocycles. The van der Waals surface area contributed by atoms with Crippen molar-refractivity contribution in [2.45, 2.75) is 33.0 Å². The molecular weight excluding hydrogens is 500 g/mol. The molecule has 0 spiro atoms. The third-order valence-corrected chi connectivity index (χ3v) is 6.43. The van der Waals surface area contributed by atoms with Gasteiger partial charge < -0.3 is 25.6 Å². The number of ether oxygens (including phenoxy) is 1. The van der Waals surface area contributed by atoms with E-state index in [1.807, 2.05) is 87.8 Å². The highest BCUT2D eigenvalue weighted by Gasteiger charge is 2.24. The van der Waals surface area contributed by atoms with Crippen molar-refractivity contribution in [3.8, 4) is 0 Å². The van der Waals surface area contributed by atoms with Crippen LogP contribution in [-0.4, -0.2) is 50.5 Å². The number of Topliss-reactive ketones (excluding diaryl/α,β-unsaturated/α-hetero) is 1. The van der Waals surface area contributed by atoms with E-state index in [0.717, 1.165) is 34.0 Å². The maximum Gasteiger partial charge on any atom is 0.159 e. The fourth-order valence-electron chi connectivity index (χ4n) is 4.24. The minimum absolute atomic E-state index is 0.00329. The topological polar surface area (TPSA) is 90.3 Å². The van der Waals surface area contributed by atoms with Crippen LogP contribution in [0.15, 0.2) is 107 Å². The average Bonchev–Trinajstić information content (AvgIpc) is 2.97. The lowest BCUT2D eigenvalue weighted by molar-refractivity contribution is 0.0761. The Morgan fingerprint density at radius 3 is 2.38 bits per heavy atom. The molecule has 0 amide bonds. The van der Waals surface area contributed by atoms with Crippen LogP contribution >= 0.6 is 0 Å². The predicted molar refractivity (Wildman–Crippen MR) is 168 cm³/mol. The predicted octanol–water partition coefficient (Wildman–Crippen LogP) is 6.50. The fraction of sp³-hybridized carbons (Fsp3) is 0.219. The number of carbonyl (C=O) groups is 1. The maximum atomic E-state index is 12.0. The summed E-state index contributed by atoms with van der Waals surface area (Å²) in [6.07, 6.45) is 13.3. The van der Waals surface area contributed by atoms with Crippen molar-refractivity contribution in [3.05, 3.63) is 108 Å². The minimum atomic E-state index is -0.296. The Labute approximate surface area is 237 Å². The fourth-order valence-corrected chi connectivity index (χ4v) is 4.24. The molecule has 1 aliphatic rings. The van der Waals surface area contributed by atoms with E-state index < -0.39 is 0 Å². The van der Waals surface area contributed by atoms with Gasteiger partial charge >= 0.3 is 0 Å². The number of aliphatic imine (C=N–C) groups is 2. The lowest BCUT2D eigenvalue weighted by Crippen LogP contribution is -2.44. The molecule has 2 unspecified atom stereocenters. The molecule has 3 rings (SSSR count). The minimum Gasteiger partial charge on any atom is -0.368 e. The molecule has 0 radical (unpaired) electrons. The monoisotopic (exact) mass is 538 g/mol. The van der Waals surface area contributed by atoms with Crippen molar-refractivity contribution >= 4 is 42.0 Å². The summed E-state index contributed by atoms with van der Waals surface area (Å²) in [5.74, 6) is -0.00329. The molecule has 8 nitrogen and oxygen atoms in total. The van der Waals surface area contributed by atoms with Crippen LogP contribution in [0.3, 0.4) is 0 Å². The van der Waals surface area contributed by atoms with Gasteiger partial charge in [0.25, 0.3) is 0 Å². The first kappa shape index (κ1) is 29.9. The number of hydrogen-bond acceptors (Lipinski definition) is 8. The molecule has 40 heavy (non-hydrogen) atoms. The van der Waals surface area contributed by atoms with Crippen LogP contribution < -0.4 is 16.0 Å². The Hall–Kier alpha value is -4.69. The van der Waals surface area contributed by atoms with Crippen molar-refractivity contribution in [2.75, 3.05) is 24.8 Å². The van der Waals surface area contributed by atoms with Gasteiger partial charge in [-0.05, 0) is 88.8 Å². The highest BCUT2D eigenvalue weighted by molar-refractivity contribution is 5.96. The van der Waals surface area contributed by atoms with Gasteiger partial charge in [-0.15, -0.1) is 0 Å². The summed E-state index contributed by atoms with van der Waals surface area (Å²) in [6.45, 7) is 12.6. The quantitative estimate of drug-likeness (QED) is 0.117. The Morgan fingerprint density at radius 1 is 1.07 bits per heavy atom. The summed E-state index contributed by atoms with van der Waals surface area (Å²) in [4.78, 5) is 21.9. The Morgan fingerprint density at radius 2 is 1.80 bits per heavy atom. The summed E-state index contributed by atoms with van der Waals surface area (Å²) < 4.78 is 5.83. The number of nitrogens with zero attached hydrogens (tertiary/aromatic N) is 3. The first-order valence-electron chi connectivity index (χ1n) is 13.0. The van der Waals surface area contributed by atoms with E-state index in [1.165, 1.54) is 0 Å². The molecule has 0 saturated carbocycles. The van der Waals surface area contributed by atoms with Crippen molar-refractivity contribution in [1.82, 2.24) is 10.2 Å². The molecule has 2 atom stereocenters. The first-order valence-corrected chi connectivity index (χ1v) is 13.0. The van der Waals surface area contributed by atoms with Gasteiger partial charge in [-0.2, -0.15) is 0 Å². The Bertz CT molecular complexity index is 1370. The number of carbonyl (C=O) groups excluding carboxylic acids is 1. The van der Waals surface area contributed by atoms with Crippen LogP contribution in [-0.2, 0) is 4.74 Å². The van der Waals surface area contributed by atoms with Gasteiger partial charge in [0.2, 0.25) is 0 Å². The van der Waals surface area contributed by atoms with E-state index in [-0.39, 0.29) is 18.1 Å². The van der Waals surface area contributed by atoms with Crippen LogP contribution in [0.2, 0.25) is 0 Å². The number of rotatable bonds is 13. The zero-order chi connectivity index (χ0) is 29.1. The summed E-state index contributed by atoms with van der Waals surface area (Å²) in [7, 11) is 3.69. The number of benzene rings is 2. The molecule has 2 aromatic carbocycles. The lowest BCUT2D eigenvalue weighted by Gasteiger charge is -2.34. The highest BCUT2D eigenvalue weighted by atomic mass is 16.5. The van der Waals surface area contributed by atoms with Gasteiger partial charge in [0.15, 0.2) is 12.0 Å². The molecular formula is C32H38N6O2. The van der Waals surface area contributed by atoms with E-state index in [9.17, 15) is 4.79 Å². The number of allylic oxidation sites excluding steroid dienone is 4. The van der Waals surface area contributed by atoms with Crippen LogP contribution in [0.4, 0.5) is 17.1 Å².